The van der Waals surface area contributed by atoms with E-state index in [1.165, 1.54) is 11.3 Å². The van der Waals surface area contributed by atoms with Gasteiger partial charge in [-0.15, -0.1) is 16.4 Å². The average Bonchev–Trinajstić information content (AvgIpc) is 3.18. The Morgan fingerprint density at radius 3 is 2.79 bits per heavy atom. The van der Waals surface area contributed by atoms with E-state index in [9.17, 15) is 9.59 Å². The highest BCUT2D eigenvalue weighted by Crippen LogP contribution is 2.21. The Kier molecular flexibility index (Phi) is 4.82. The van der Waals surface area contributed by atoms with Crippen molar-refractivity contribution < 1.29 is 9.21 Å². The van der Waals surface area contributed by atoms with Gasteiger partial charge in [0.05, 0.1) is 10.9 Å². The number of hydrogen-bond acceptors (Lipinski definition) is 5. The quantitative estimate of drug-likeness (QED) is 0.755. The lowest BCUT2D eigenvalue weighted by Gasteiger charge is -2.14. The second kappa shape index (κ2) is 7.02. The summed E-state index contributed by atoms with van der Waals surface area (Å²) in [5.41, 5.74) is 0.916. The lowest BCUT2D eigenvalue weighted by Crippen LogP contribution is -2.33. The highest BCUT2D eigenvalue weighted by atomic mass is 35.5. The summed E-state index contributed by atoms with van der Waals surface area (Å²) in [5.74, 6) is -0.771. The zero-order valence-corrected chi connectivity index (χ0v) is 14.3. The van der Waals surface area contributed by atoms with Gasteiger partial charge in [-0.05, 0) is 36.1 Å². The molecule has 0 bridgehead atoms. The number of carbonyl (C=O) groups is 1. The fourth-order valence-electron chi connectivity index (χ4n) is 2.16. The molecule has 0 fully saturated rings. The zero-order valence-electron chi connectivity index (χ0n) is 12.7. The molecule has 0 aliphatic heterocycles. The number of rotatable bonds is 5. The highest BCUT2D eigenvalue weighted by Gasteiger charge is 2.15. The Morgan fingerprint density at radius 1 is 1.38 bits per heavy atom. The molecule has 3 aromatic rings. The van der Waals surface area contributed by atoms with Gasteiger partial charge < -0.3 is 9.73 Å². The molecule has 0 saturated carbocycles. The summed E-state index contributed by atoms with van der Waals surface area (Å²) in [5, 5.41) is 9.36. The molecule has 0 aliphatic carbocycles. The second-order valence-electron chi connectivity index (χ2n) is 5.15. The number of hydrogen-bond donors (Lipinski definition) is 1. The lowest BCUT2D eigenvalue weighted by atomic mass is 10.1. The van der Waals surface area contributed by atoms with Crippen LogP contribution >= 0.6 is 22.9 Å². The van der Waals surface area contributed by atoms with E-state index in [1.807, 2.05) is 30.5 Å². The van der Waals surface area contributed by atoms with Crippen LogP contribution in [0, 0.1) is 0 Å². The summed E-state index contributed by atoms with van der Waals surface area (Å²) in [6.45, 7) is 1.65. The van der Waals surface area contributed by atoms with Gasteiger partial charge in [-0.25, -0.2) is 4.79 Å². The topological polar surface area (TPSA) is 77.1 Å². The Balaban J connectivity index is 1.67. The molecule has 0 radical (unpaired) electrons. The molecule has 3 rings (SSSR count). The van der Waals surface area contributed by atoms with E-state index in [-0.39, 0.29) is 24.4 Å². The minimum Gasteiger partial charge on any atom is -0.387 e. The molecule has 0 spiro atoms. The SMILES string of the molecule is CC(NC(=O)Cn1nc(-c2cccs2)oc1=O)c1ccc(Cl)cc1. The van der Waals surface area contributed by atoms with E-state index in [0.29, 0.717) is 5.02 Å². The van der Waals surface area contributed by atoms with Crippen molar-refractivity contribution in [3.8, 4) is 10.8 Å². The van der Waals surface area contributed by atoms with Crippen LogP contribution in [-0.2, 0) is 11.3 Å². The Labute approximate surface area is 146 Å². The first-order valence-corrected chi connectivity index (χ1v) is 8.45. The molecule has 1 atom stereocenters. The van der Waals surface area contributed by atoms with Gasteiger partial charge in [0, 0.05) is 5.02 Å². The molecule has 6 nitrogen and oxygen atoms in total. The summed E-state index contributed by atoms with van der Waals surface area (Å²) in [6.07, 6.45) is 0. The third-order valence-corrected chi connectivity index (χ3v) is 4.49. The number of halogens is 1. The molecule has 2 aromatic heterocycles. The van der Waals surface area contributed by atoms with E-state index < -0.39 is 5.76 Å². The van der Waals surface area contributed by atoms with Crippen LogP contribution in [-0.4, -0.2) is 15.7 Å². The molecule has 1 unspecified atom stereocenters. The normalized spacial score (nSPS) is 12.1. The summed E-state index contributed by atoms with van der Waals surface area (Å²) >= 11 is 7.25. The monoisotopic (exact) mass is 363 g/mol. The maximum absolute atomic E-state index is 12.1. The number of amides is 1. The molecule has 24 heavy (non-hydrogen) atoms. The molecular weight excluding hydrogens is 350 g/mol. The van der Waals surface area contributed by atoms with Crippen LogP contribution < -0.4 is 11.1 Å². The van der Waals surface area contributed by atoms with Crippen molar-refractivity contribution in [2.75, 3.05) is 0 Å². The Bertz CT molecular complexity index is 884. The molecule has 0 aliphatic rings. The third-order valence-electron chi connectivity index (χ3n) is 3.38. The minimum atomic E-state index is -0.660. The number of carbonyl (C=O) groups excluding carboxylic acids is 1. The first-order valence-electron chi connectivity index (χ1n) is 7.19. The molecule has 0 saturated heterocycles. The standard InChI is InChI=1S/C16H14ClN3O3S/c1-10(11-4-6-12(17)7-5-11)18-14(21)9-20-16(22)23-15(19-20)13-3-2-8-24-13/h2-8,10H,9H2,1H3,(H,18,21). The van der Waals surface area contributed by atoms with Crippen LogP contribution in [0.25, 0.3) is 10.8 Å². The van der Waals surface area contributed by atoms with Gasteiger partial charge >= 0.3 is 5.76 Å². The van der Waals surface area contributed by atoms with Crippen LogP contribution in [0.4, 0.5) is 0 Å². The maximum atomic E-state index is 12.1. The number of aromatic nitrogens is 2. The maximum Gasteiger partial charge on any atom is 0.437 e. The Morgan fingerprint density at radius 2 is 2.12 bits per heavy atom. The molecule has 124 valence electrons. The first-order chi connectivity index (χ1) is 11.5. The van der Waals surface area contributed by atoms with Crippen molar-refractivity contribution in [2.24, 2.45) is 0 Å². The molecule has 1 amide bonds. The predicted octanol–water partition coefficient (Wildman–Crippen LogP) is 3.10. The summed E-state index contributed by atoms with van der Waals surface area (Å²) in [6, 6.07) is 10.6. The van der Waals surface area contributed by atoms with Gasteiger partial charge in [0.25, 0.3) is 5.89 Å². The van der Waals surface area contributed by atoms with Gasteiger partial charge in [-0.1, -0.05) is 29.8 Å². The van der Waals surface area contributed by atoms with E-state index >= 15 is 0 Å². The van der Waals surface area contributed by atoms with Crippen LogP contribution in [0.2, 0.25) is 5.02 Å². The van der Waals surface area contributed by atoms with Crippen molar-refractivity contribution in [2.45, 2.75) is 19.5 Å². The largest absolute Gasteiger partial charge is 0.437 e. The average molecular weight is 364 g/mol. The molecule has 1 N–H and O–H groups in total. The highest BCUT2D eigenvalue weighted by molar-refractivity contribution is 7.13. The van der Waals surface area contributed by atoms with Crippen LogP contribution in [0.15, 0.2) is 51.0 Å². The number of benzene rings is 1. The lowest BCUT2D eigenvalue weighted by molar-refractivity contribution is -0.122. The van der Waals surface area contributed by atoms with E-state index in [4.69, 9.17) is 16.0 Å². The van der Waals surface area contributed by atoms with Crippen molar-refractivity contribution >= 4 is 28.8 Å². The minimum absolute atomic E-state index is 0.203. The van der Waals surface area contributed by atoms with Crippen LogP contribution in [0.1, 0.15) is 18.5 Å². The van der Waals surface area contributed by atoms with Crippen molar-refractivity contribution in [3.05, 3.63) is 62.9 Å². The molecular formula is C16H14ClN3O3S. The van der Waals surface area contributed by atoms with Crippen LogP contribution in [0.5, 0.6) is 0 Å². The smallest absolute Gasteiger partial charge is 0.387 e. The first kappa shape index (κ1) is 16.5. The van der Waals surface area contributed by atoms with Crippen molar-refractivity contribution in [3.63, 3.8) is 0 Å². The fourth-order valence-corrected chi connectivity index (χ4v) is 2.93. The molecule has 8 heteroatoms. The van der Waals surface area contributed by atoms with Crippen molar-refractivity contribution in [1.82, 2.24) is 15.1 Å². The van der Waals surface area contributed by atoms with Crippen LogP contribution in [0.3, 0.4) is 0 Å². The van der Waals surface area contributed by atoms with E-state index in [2.05, 4.69) is 10.4 Å². The van der Waals surface area contributed by atoms with E-state index in [1.54, 1.807) is 18.2 Å². The summed E-state index contributed by atoms with van der Waals surface area (Å²) in [4.78, 5) is 24.7. The summed E-state index contributed by atoms with van der Waals surface area (Å²) < 4.78 is 6.09. The number of nitrogens with zero attached hydrogens (tertiary/aromatic N) is 2. The van der Waals surface area contributed by atoms with E-state index in [0.717, 1.165) is 15.1 Å². The number of nitrogens with one attached hydrogen (secondary N) is 1. The molecule has 2 heterocycles. The molecule has 1 aromatic carbocycles. The van der Waals surface area contributed by atoms with Crippen molar-refractivity contribution in [1.29, 1.82) is 0 Å². The second-order valence-corrected chi connectivity index (χ2v) is 6.53. The Hall–Kier alpha value is -2.38. The van der Waals surface area contributed by atoms with Gasteiger partial charge in [-0.3, -0.25) is 4.79 Å². The fraction of sp³-hybridized carbons (Fsp3) is 0.188. The van der Waals surface area contributed by atoms with Gasteiger partial charge in [0.1, 0.15) is 6.54 Å². The number of thiophene rings is 1. The van der Waals surface area contributed by atoms with Gasteiger partial charge in [-0.2, -0.15) is 4.68 Å². The third kappa shape index (κ3) is 3.74. The zero-order chi connectivity index (χ0) is 17.1. The van der Waals surface area contributed by atoms with Gasteiger partial charge in [0.2, 0.25) is 5.91 Å². The summed E-state index contributed by atoms with van der Waals surface area (Å²) in [7, 11) is 0. The predicted molar refractivity (Wildman–Crippen MR) is 92.1 cm³/mol. The van der Waals surface area contributed by atoms with Gasteiger partial charge in [0.15, 0.2) is 0 Å².